The topological polar surface area (TPSA) is 22.0 Å². The maximum Gasteiger partial charge on any atom is 0.202 e. The van der Waals surface area contributed by atoms with Crippen molar-refractivity contribution < 1.29 is 4.79 Å². The third kappa shape index (κ3) is 1.43. The van der Waals surface area contributed by atoms with Crippen LogP contribution in [0.5, 0.6) is 0 Å². The summed E-state index contributed by atoms with van der Waals surface area (Å²) in [6.07, 6.45) is 1.33. The SMILES string of the molecule is C=CC(=O)c1c(Br)c2ccccc2n1C. The van der Waals surface area contributed by atoms with Crippen molar-refractivity contribution in [2.75, 3.05) is 0 Å². The van der Waals surface area contributed by atoms with Gasteiger partial charge in [-0.3, -0.25) is 4.79 Å². The van der Waals surface area contributed by atoms with Crippen LogP contribution in [0, 0.1) is 0 Å². The highest BCUT2D eigenvalue weighted by atomic mass is 79.9. The second kappa shape index (κ2) is 3.66. The highest BCUT2D eigenvalue weighted by molar-refractivity contribution is 9.10. The smallest absolute Gasteiger partial charge is 0.202 e. The second-order valence-corrected chi connectivity index (χ2v) is 4.10. The summed E-state index contributed by atoms with van der Waals surface area (Å²) in [5, 5.41) is 1.05. The summed E-state index contributed by atoms with van der Waals surface area (Å²) < 4.78 is 2.72. The van der Waals surface area contributed by atoms with Gasteiger partial charge < -0.3 is 4.57 Å². The summed E-state index contributed by atoms with van der Waals surface area (Å²) in [6, 6.07) is 7.88. The predicted molar refractivity (Wildman–Crippen MR) is 65.1 cm³/mol. The van der Waals surface area contributed by atoms with E-state index >= 15 is 0 Å². The molecule has 3 heteroatoms. The highest BCUT2D eigenvalue weighted by Gasteiger charge is 2.16. The Morgan fingerprint density at radius 2 is 2.13 bits per heavy atom. The van der Waals surface area contributed by atoms with Gasteiger partial charge >= 0.3 is 0 Å². The minimum Gasteiger partial charge on any atom is -0.340 e. The average Bonchev–Trinajstić information content (AvgIpc) is 2.52. The van der Waals surface area contributed by atoms with Gasteiger partial charge in [0.1, 0.15) is 5.69 Å². The fourth-order valence-electron chi connectivity index (χ4n) is 1.72. The Labute approximate surface area is 96.3 Å². The van der Waals surface area contributed by atoms with Crippen LogP contribution in [0.15, 0.2) is 41.4 Å². The number of nitrogens with zero attached hydrogens (tertiary/aromatic N) is 1. The van der Waals surface area contributed by atoms with Gasteiger partial charge in [-0.1, -0.05) is 24.8 Å². The van der Waals surface area contributed by atoms with Gasteiger partial charge in [0.2, 0.25) is 5.78 Å². The van der Waals surface area contributed by atoms with E-state index < -0.39 is 0 Å². The van der Waals surface area contributed by atoms with Crippen LogP contribution in [0.4, 0.5) is 0 Å². The minimum absolute atomic E-state index is 0.0689. The van der Waals surface area contributed by atoms with Crippen molar-refractivity contribution in [1.82, 2.24) is 4.57 Å². The predicted octanol–water partition coefficient (Wildman–Crippen LogP) is 3.31. The van der Waals surface area contributed by atoms with E-state index in [2.05, 4.69) is 22.5 Å². The molecule has 0 fully saturated rings. The molecule has 15 heavy (non-hydrogen) atoms. The molecule has 76 valence electrons. The molecule has 2 rings (SSSR count). The molecule has 1 aromatic heterocycles. The van der Waals surface area contributed by atoms with Gasteiger partial charge in [0.25, 0.3) is 0 Å². The third-order valence-electron chi connectivity index (χ3n) is 2.46. The van der Waals surface area contributed by atoms with E-state index in [1.165, 1.54) is 6.08 Å². The van der Waals surface area contributed by atoms with E-state index in [4.69, 9.17) is 0 Å². The summed E-state index contributed by atoms with van der Waals surface area (Å²) in [5.74, 6) is -0.0689. The highest BCUT2D eigenvalue weighted by Crippen LogP contribution is 2.30. The Morgan fingerprint density at radius 3 is 2.73 bits per heavy atom. The number of halogens is 1. The molecule has 1 heterocycles. The Bertz CT molecular complexity index is 515. The number of carbonyl (C=O) groups excluding carboxylic acids is 1. The summed E-state index contributed by atoms with van der Waals surface area (Å²) in [7, 11) is 1.88. The van der Waals surface area contributed by atoms with Gasteiger partial charge in [-0.15, -0.1) is 0 Å². The zero-order valence-corrected chi connectivity index (χ0v) is 9.91. The Kier molecular flexibility index (Phi) is 2.49. The van der Waals surface area contributed by atoms with Crippen molar-refractivity contribution in [2.45, 2.75) is 0 Å². The zero-order valence-electron chi connectivity index (χ0n) is 8.33. The van der Waals surface area contributed by atoms with Crippen molar-refractivity contribution in [2.24, 2.45) is 7.05 Å². The lowest BCUT2D eigenvalue weighted by Gasteiger charge is -1.99. The second-order valence-electron chi connectivity index (χ2n) is 3.31. The molecule has 0 aliphatic carbocycles. The van der Waals surface area contributed by atoms with E-state index in [9.17, 15) is 4.79 Å². The average molecular weight is 264 g/mol. The molecule has 0 radical (unpaired) electrons. The molecule has 0 saturated carbocycles. The molecule has 0 N–H and O–H groups in total. The Morgan fingerprint density at radius 1 is 1.47 bits per heavy atom. The molecule has 0 bridgehead atoms. The Hall–Kier alpha value is -1.35. The van der Waals surface area contributed by atoms with Crippen molar-refractivity contribution in [3.8, 4) is 0 Å². The van der Waals surface area contributed by atoms with Gasteiger partial charge in [-0.2, -0.15) is 0 Å². The first-order valence-corrected chi connectivity index (χ1v) is 5.35. The number of hydrogen-bond donors (Lipinski definition) is 0. The molecule has 0 aliphatic rings. The monoisotopic (exact) mass is 263 g/mol. The maximum atomic E-state index is 11.7. The van der Waals surface area contributed by atoms with E-state index in [0.717, 1.165) is 15.4 Å². The molecule has 0 atom stereocenters. The molecule has 1 aromatic carbocycles. The van der Waals surface area contributed by atoms with E-state index in [1.807, 2.05) is 35.9 Å². The molecule has 0 aliphatic heterocycles. The van der Waals surface area contributed by atoms with Gasteiger partial charge in [0.15, 0.2) is 0 Å². The summed E-state index contributed by atoms with van der Waals surface area (Å²) in [6.45, 7) is 3.51. The molecule has 0 spiro atoms. The number of benzene rings is 1. The number of ketones is 1. The molecular weight excluding hydrogens is 254 g/mol. The summed E-state index contributed by atoms with van der Waals surface area (Å²) in [5.41, 5.74) is 1.68. The quantitative estimate of drug-likeness (QED) is 0.602. The molecule has 2 aromatic rings. The molecule has 0 saturated heterocycles. The van der Waals surface area contributed by atoms with E-state index in [0.29, 0.717) is 5.69 Å². The number of carbonyl (C=O) groups is 1. The number of aromatic nitrogens is 1. The number of rotatable bonds is 2. The lowest BCUT2D eigenvalue weighted by molar-refractivity contribution is 0.103. The van der Waals surface area contributed by atoms with Crippen LogP contribution in [-0.2, 0) is 7.05 Å². The molecular formula is C12H10BrNO. The van der Waals surface area contributed by atoms with Crippen LogP contribution >= 0.6 is 15.9 Å². The number of aryl methyl sites for hydroxylation is 1. The number of fused-ring (bicyclic) bond motifs is 1. The normalized spacial score (nSPS) is 10.5. The van der Waals surface area contributed by atoms with Crippen LogP contribution in [0.3, 0.4) is 0 Å². The van der Waals surface area contributed by atoms with Crippen molar-refractivity contribution in [3.63, 3.8) is 0 Å². The van der Waals surface area contributed by atoms with E-state index in [1.54, 1.807) is 0 Å². The molecule has 0 unspecified atom stereocenters. The summed E-state index contributed by atoms with van der Waals surface area (Å²) in [4.78, 5) is 11.7. The number of allylic oxidation sites excluding steroid dienone is 1. The van der Waals surface area contributed by atoms with Gasteiger partial charge in [-0.05, 0) is 28.1 Å². The van der Waals surface area contributed by atoms with Gasteiger partial charge in [0.05, 0.1) is 4.47 Å². The van der Waals surface area contributed by atoms with Crippen molar-refractivity contribution in [1.29, 1.82) is 0 Å². The van der Waals surface area contributed by atoms with E-state index in [-0.39, 0.29) is 5.78 Å². The van der Waals surface area contributed by atoms with Crippen molar-refractivity contribution in [3.05, 3.63) is 47.1 Å². The maximum absolute atomic E-state index is 11.7. The van der Waals surface area contributed by atoms with Crippen LogP contribution in [0.2, 0.25) is 0 Å². The first-order chi connectivity index (χ1) is 7.16. The van der Waals surface area contributed by atoms with Crippen LogP contribution < -0.4 is 0 Å². The van der Waals surface area contributed by atoms with Gasteiger partial charge in [0, 0.05) is 18.0 Å². The lowest BCUT2D eigenvalue weighted by atomic mass is 10.2. The first-order valence-electron chi connectivity index (χ1n) is 4.56. The van der Waals surface area contributed by atoms with Gasteiger partial charge in [-0.25, -0.2) is 0 Å². The zero-order chi connectivity index (χ0) is 11.0. The number of hydrogen-bond acceptors (Lipinski definition) is 1. The van der Waals surface area contributed by atoms with Crippen LogP contribution in [-0.4, -0.2) is 10.4 Å². The van der Waals surface area contributed by atoms with Crippen LogP contribution in [0.1, 0.15) is 10.5 Å². The lowest BCUT2D eigenvalue weighted by Crippen LogP contribution is -2.02. The van der Waals surface area contributed by atoms with Crippen LogP contribution in [0.25, 0.3) is 10.9 Å². The fourth-order valence-corrected chi connectivity index (χ4v) is 2.51. The molecule has 0 amide bonds. The minimum atomic E-state index is -0.0689. The standard InChI is InChI=1S/C12H10BrNO/c1-3-10(15)12-11(13)8-6-4-5-7-9(8)14(12)2/h3-7H,1H2,2H3. The Balaban J connectivity index is 2.86. The summed E-state index contributed by atoms with van der Waals surface area (Å²) >= 11 is 3.45. The molecule has 2 nitrogen and oxygen atoms in total. The fraction of sp³-hybridized carbons (Fsp3) is 0.0833. The largest absolute Gasteiger partial charge is 0.340 e. The van der Waals surface area contributed by atoms with Crippen molar-refractivity contribution >= 4 is 32.6 Å². The number of para-hydroxylation sites is 1. The third-order valence-corrected chi connectivity index (χ3v) is 3.27. The first kappa shape index (κ1) is 10.2.